The molecular weight excluding hydrogens is 226 g/mol. The Kier molecular flexibility index (Phi) is 4.35. The summed E-state index contributed by atoms with van der Waals surface area (Å²) >= 11 is 0. The van der Waals surface area contributed by atoms with Gasteiger partial charge in [0.2, 0.25) is 0 Å². The number of hydrogen-bond donors (Lipinski definition) is 2. The summed E-state index contributed by atoms with van der Waals surface area (Å²) in [6.07, 6.45) is 6.90. The first kappa shape index (κ1) is 14.3. The van der Waals surface area contributed by atoms with Crippen molar-refractivity contribution in [1.82, 2.24) is 0 Å². The molecule has 18 heavy (non-hydrogen) atoms. The lowest BCUT2D eigenvalue weighted by atomic mass is 9.83. The molecule has 2 fully saturated rings. The van der Waals surface area contributed by atoms with E-state index in [0.29, 0.717) is 6.61 Å². The zero-order valence-corrected chi connectivity index (χ0v) is 12.2. The fourth-order valence-electron chi connectivity index (χ4n) is 3.53. The van der Waals surface area contributed by atoms with Crippen LogP contribution in [0.3, 0.4) is 0 Å². The molecule has 1 atom stereocenters. The van der Waals surface area contributed by atoms with Gasteiger partial charge in [0.25, 0.3) is 0 Å². The van der Waals surface area contributed by atoms with E-state index in [2.05, 4.69) is 26.1 Å². The van der Waals surface area contributed by atoms with E-state index in [4.69, 9.17) is 4.74 Å². The molecule has 0 aromatic carbocycles. The maximum Gasteiger partial charge on any atom is 0.118 e. The Labute approximate surface area is 111 Å². The van der Waals surface area contributed by atoms with Crippen molar-refractivity contribution in [2.24, 2.45) is 5.92 Å². The number of quaternary nitrogens is 1. The number of aliphatic hydroxyl groups is 1. The third-order valence-electron chi connectivity index (χ3n) is 4.71. The van der Waals surface area contributed by atoms with E-state index in [1.54, 1.807) is 0 Å². The minimum absolute atomic E-state index is 0.165. The van der Waals surface area contributed by atoms with E-state index in [1.165, 1.54) is 25.7 Å². The lowest BCUT2D eigenvalue weighted by Crippen LogP contribution is -2.94. The van der Waals surface area contributed by atoms with Crippen LogP contribution in [0.25, 0.3) is 0 Å². The highest BCUT2D eigenvalue weighted by molar-refractivity contribution is 4.89. The molecule has 1 aliphatic heterocycles. The van der Waals surface area contributed by atoms with Crippen molar-refractivity contribution in [3.8, 4) is 0 Å². The molecule has 1 aliphatic carbocycles. The van der Waals surface area contributed by atoms with Crippen LogP contribution in [0.2, 0.25) is 0 Å². The average Bonchev–Trinajstić information content (AvgIpc) is 2.27. The average molecular weight is 256 g/mol. The highest BCUT2D eigenvalue weighted by atomic mass is 16.5. The van der Waals surface area contributed by atoms with Gasteiger partial charge >= 0.3 is 0 Å². The van der Waals surface area contributed by atoms with Gasteiger partial charge in [0, 0.05) is 12.8 Å². The largest absolute Gasteiger partial charge is 0.384 e. The molecule has 2 rings (SSSR count). The highest BCUT2D eigenvalue weighted by Crippen LogP contribution is 2.31. The Bertz CT molecular complexity index is 272. The van der Waals surface area contributed by atoms with E-state index in [1.807, 2.05) is 0 Å². The fourth-order valence-corrected chi connectivity index (χ4v) is 3.53. The molecule has 106 valence electrons. The third-order valence-corrected chi connectivity index (χ3v) is 4.71. The maximum absolute atomic E-state index is 10.7. The second-order valence-electron chi connectivity index (χ2n) is 7.22. The molecule has 0 spiro atoms. The van der Waals surface area contributed by atoms with Crippen molar-refractivity contribution in [2.45, 2.75) is 76.5 Å². The molecular formula is C15H30NO2+. The summed E-state index contributed by atoms with van der Waals surface area (Å²) in [5.74, 6) is 0.903. The van der Waals surface area contributed by atoms with Gasteiger partial charge in [0.1, 0.15) is 12.1 Å². The highest BCUT2D eigenvalue weighted by Gasteiger charge is 2.41. The summed E-state index contributed by atoms with van der Waals surface area (Å²) in [4.78, 5) is 0. The zero-order chi connectivity index (χ0) is 13.2. The Morgan fingerprint density at radius 1 is 1.22 bits per heavy atom. The first-order valence-corrected chi connectivity index (χ1v) is 7.58. The molecule has 1 saturated carbocycles. The monoisotopic (exact) mass is 256 g/mol. The van der Waals surface area contributed by atoms with Gasteiger partial charge in [-0.2, -0.15) is 0 Å². The Morgan fingerprint density at radius 3 is 2.50 bits per heavy atom. The Hall–Kier alpha value is -0.120. The van der Waals surface area contributed by atoms with Crippen LogP contribution in [0.4, 0.5) is 0 Å². The zero-order valence-electron chi connectivity index (χ0n) is 12.2. The standard InChI is InChI=1S/C15H29NO2/c1-12-4-6-13(7-5-12)16-11-15(17)8-9-18-14(2,3)10-15/h12-13,16-17H,4-11H2,1-3H3/p+1/t12?,13?,15-/m0/s1. The van der Waals surface area contributed by atoms with Crippen molar-refractivity contribution in [1.29, 1.82) is 0 Å². The normalized spacial score (nSPS) is 40.7. The lowest BCUT2D eigenvalue weighted by molar-refractivity contribution is -0.704. The van der Waals surface area contributed by atoms with Crippen LogP contribution in [-0.4, -0.2) is 35.5 Å². The second kappa shape index (κ2) is 5.48. The molecule has 1 saturated heterocycles. The van der Waals surface area contributed by atoms with Crippen LogP contribution >= 0.6 is 0 Å². The van der Waals surface area contributed by atoms with Gasteiger partial charge in [-0.3, -0.25) is 0 Å². The van der Waals surface area contributed by atoms with E-state index in [9.17, 15) is 5.11 Å². The lowest BCUT2D eigenvalue weighted by Gasteiger charge is -2.41. The summed E-state index contributed by atoms with van der Waals surface area (Å²) in [7, 11) is 0. The predicted octanol–water partition coefficient (Wildman–Crippen LogP) is 1.45. The summed E-state index contributed by atoms with van der Waals surface area (Å²) in [5, 5.41) is 13.1. The predicted molar refractivity (Wildman–Crippen MR) is 72.4 cm³/mol. The van der Waals surface area contributed by atoms with E-state index < -0.39 is 5.60 Å². The second-order valence-corrected chi connectivity index (χ2v) is 7.22. The van der Waals surface area contributed by atoms with Crippen LogP contribution in [0.1, 0.15) is 59.3 Å². The number of nitrogens with two attached hydrogens (primary N) is 1. The minimum atomic E-state index is -0.523. The number of rotatable bonds is 3. The molecule has 0 aromatic heterocycles. The van der Waals surface area contributed by atoms with Gasteiger partial charge in [-0.05, 0) is 45.4 Å². The van der Waals surface area contributed by atoms with Gasteiger partial charge in [-0.15, -0.1) is 0 Å². The topological polar surface area (TPSA) is 46.1 Å². The van der Waals surface area contributed by atoms with Gasteiger partial charge < -0.3 is 15.2 Å². The molecule has 2 aliphatic rings. The Balaban J connectivity index is 1.78. The van der Waals surface area contributed by atoms with Crippen molar-refractivity contribution in [2.75, 3.05) is 13.2 Å². The molecule has 0 bridgehead atoms. The quantitative estimate of drug-likeness (QED) is 0.803. The third kappa shape index (κ3) is 3.94. The van der Waals surface area contributed by atoms with Crippen molar-refractivity contribution < 1.29 is 15.2 Å². The number of hydrogen-bond acceptors (Lipinski definition) is 2. The van der Waals surface area contributed by atoms with Gasteiger partial charge in [-0.1, -0.05) is 6.92 Å². The van der Waals surface area contributed by atoms with Crippen LogP contribution < -0.4 is 5.32 Å². The number of ether oxygens (including phenoxy) is 1. The molecule has 3 heteroatoms. The van der Waals surface area contributed by atoms with Gasteiger partial charge in [0.05, 0.1) is 18.2 Å². The first-order valence-electron chi connectivity index (χ1n) is 7.58. The summed E-state index contributed by atoms with van der Waals surface area (Å²) in [6, 6.07) is 0.733. The Morgan fingerprint density at radius 2 is 1.89 bits per heavy atom. The molecule has 0 radical (unpaired) electrons. The van der Waals surface area contributed by atoms with Crippen LogP contribution in [0.15, 0.2) is 0 Å². The molecule has 0 aromatic rings. The van der Waals surface area contributed by atoms with Crippen molar-refractivity contribution in [3.05, 3.63) is 0 Å². The maximum atomic E-state index is 10.7. The SMILES string of the molecule is CC1CCC([NH2+]C[C@]2(O)CCOC(C)(C)C2)CC1. The van der Waals surface area contributed by atoms with Crippen LogP contribution in [0.5, 0.6) is 0 Å². The minimum Gasteiger partial charge on any atom is -0.384 e. The molecule has 3 nitrogen and oxygen atoms in total. The van der Waals surface area contributed by atoms with Crippen molar-refractivity contribution >= 4 is 0 Å². The van der Waals surface area contributed by atoms with E-state index in [-0.39, 0.29) is 5.60 Å². The molecule has 1 heterocycles. The van der Waals surface area contributed by atoms with Crippen LogP contribution in [-0.2, 0) is 4.74 Å². The smallest absolute Gasteiger partial charge is 0.118 e. The van der Waals surface area contributed by atoms with Gasteiger partial charge in [0.15, 0.2) is 0 Å². The molecule has 3 N–H and O–H groups in total. The fraction of sp³-hybridized carbons (Fsp3) is 1.00. The van der Waals surface area contributed by atoms with Crippen molar-refractivity contribution in [3.63, 3.8) is 0 Å². The van der Waals surface area contributed by atoms with E-state index in [0.717, 1.165) is 31.3 Å². The van der Waals surface area contributed by atoms with Crippen LogP contribution in [0, 0.1) is 5.92 Å². The summed E-state index contributed by atoms with van der Waals surface area (Å²) in [6.45, 7) is 8.06. The molecule has 0 amide bonds. The summed E-state index contributed by atoms with van der Waals surface area (Å²) < 4.78 is 5.69. The summed E-state index contributed by atoms with van der Waals surface area (Å²) in [5.41, 5.74) is -0.688. The van der Waals surface area contributed by atoms with Gasteiger partial charge in [-0.25, -0.2) is 0 Å². The molecule has 0 unspecified atom stereocenters. The van der Waals surface area contributed by atoms with E-state index >= 15 is 0 Å². The first-order chi connectivity index (χ1) is 8.39.